The normalized spacial score (nSPS) is 10.3. The van der Waals surface area contributed by atoms with E-state index in [1.165, 1.54) is 30.3 Å². The average molecular weight is 314 g/mol. The predicted molar refractivity (Wildman–Crippen MR) is 78.0 cm³/mol. The lowest BCUT2D eigenvalue weighted by atomic mass is 10.1. The van der Waals surface area contributed by atoms with Crippen molar-refractivity contribution >= 4 is 28.8 Å². The minimum Gasteiger partial charge on any atom is -0.489 e. The monoisotopic (exact) mass is 313 g/mol. The van der Waals surface area contributed by atoms with Gasteiger partial charge in [0, 0.05) is 17.2 Å². The third kappa shape index (κ3) is 3.43. The molecule has 2 nitrogen and oxygen atoms in total. The summed E-state index contributed by atoms with van der Waals surface area (Å²) in [6.45, 7) is 0.0194. The first-order valence-electron chi connectivity index (χ1n) is 5.63. The molecule has 0 amide bonds. The summed E-state index contributed by atoms with van der Waals surface area (Å²) < 4.78 is 31.9. The quantitative estimate of drug-likeness (QED) is 0.871. The average Bonchev–Trinajstić information content (AvgIpc) is 2.40. The van der Waals surface area contributed by atoms with E-state index in [1.807, 2.05) is 0 Å². The van der Waals surface area contributed by atoms with Gasteiger partial charge in [-0.1, -0.05) is 23.8 Å². The molecule has 0 aliphatic heterocycles. The standard InChI is InChI=1S/C14H10ClF2NOS/c15-12-4-2-10(6-13(12)17)19-7-8-5-9(16)1-3-11(8)14(18)20/h1-6H,7H2,(H2,18,20). The van der Waals surface area contributed by atoms with E-state index in [9.17, 15) is 8.78 Å². The van der Waals surface area contributed by atoms with Crippen LogP contribution in [0.3, 0.4) is 0 Å². The predicted octanol–water partition coefficient (Wildman–Crippen LogP) is 3.83. The Morgan fingerprint density at radius 1 is 1.20 bits per heavy atom. The molecule has 2 aromatic carbocycles. The van der Waals surface area contributed by atoms with E-state index in [0.29, 0.717) is 11.1 Å². The van der Waals surface area contributed by atoms with Crippen LogP contribution in [0.5, 0.6) is 5.75 Å². The van der Waals surface area contributed by atoms with E-state index in [2.05, 4.69) is 0 Å². The number of halogens is 3. The first kappa shape index (κ1) is 14.7. The molecule has 2 N–H and O–H groups in total. The highest BCUT2D eigenvalue weighted by Gasteiger charge is 2.08. The van der Waals surface area contributed by atoms with Crippen molar-refractivity contribution < 1.29 is 13.5 Å². The highest BCUT2D eigenvalue weighted by Crippen LogP contribution is 2.22. The van der Waals surface area contributed by atoms with Crippen LogP contribution in [-0.4, -0.2) is 4.99 Å². The van der Waals surface area contributed by atoms with Gasteiger partial charge in [-0.05, 0) is 30.3 Å². The second-order valence-electron chi connectivity index (χ2n) is 4.03. The molecule has 20 heavy (non-hydrogen) atoms. The molecule has 0 aromatic heterocycles. The van der Waals surface area contributed by atoms with E-state index in [4.69, 9.17) is 34.3 Å². The topological polar surface area (TPSA) is 35.2 Å². The van der Waals surface area contributed by atoms with Crippen molar-refractivity contribution in [3.63, 3.8) is 0 Å². The fraction of sp³-hybridized carbons (Fsp3) is 0.0714. The van der Waals surface area contributed by atoms with Gasteiger partial charge in [0.25, 0.3) is 0 Å². The maximum atomic E-state index is 13.3. The zero-order valence-corrected chi connectivity index (χ0v) is 11.8. The number of thiocarbonyl (C=S) groups is 1. The fourth-order valence-electron chi connectivity index (χ4n) is 1.65. The number of ether oxygens (including phenoxy) is 1. The minimum absolute atomic E-state index is 0.00642. The highest BCUT2D eigenvalue weighted by atomic mass is 35.5. The number of benzene rings is 2. The number of hydrogen-bond acceptors (Lipinski definition) is 2. The molecule has 6 heteroatoms. The molecule has 0 unspecified atom stereocenters. The Balaban J connectivity index is 2.20. The van der Waals surface area contributed by atoms with E-state index in [-0.39, 0.29) is 22.4 Å². The van der Waals surface area contributed by atoms with Crippen LogP contribution in [-0.2, 0) is 6.61 Å². The van der Waals surface area contributed by atoms with Gasteiger partial charge in [-0.15, -0.1) is 0 Å². The molecular formula is C14H10ClF2NOS. The molecule has 0 radical (unpaired) electrons. The summed E-state index contributed by atoms with van der Waals surface area (Å²) in [5.41, 5.74) is 6.57. The summed E-state index contributed by atoms with van der Waals surface area (Å²) in [7, 11) is 0. The number of hydrogen-bond donors (Lipinski definition) is 1. The van der Waals surface area contributed by atoms with Crippen LogP contribution >= 0.6 is 23.8 Å². The molecule has 104 valence electrons. The lowest BCUT2D eigenvalue weighted by molar-refractivity contribution is 0.304. The molecule has 0 saturated heterocycles. The lowest BCUT2D eigenvalue weighted by Crippen LogP contribution is -2.13. The van der Waals surface area contributed by atoms with E-state index >= 15 is 0 Å². The van der Waals surface area contributed by atoms with Gasteiger partial charge < -0.3 is 10.5 Å². The molecule has 2 aromatic rings. The smallest absolute Gasteiger partial charge is 0.145 e. The van der Waals surface area contributed by atoms with Crippen molar-refractivity contribution in [2.45, 2.75) is 6.61 Å². The summed E-state index contributed by atoms with van der Waals surface area (Å²) in [5, 5.41) is 0.00642. The Kier molecular flexibility index (Phi) is 4.52. The van der Waals surface area contributed by atoms with Gasteiger partial charge in [-0.3, -0.25) is 0 Å². The molecule has 0 aliphatic rings. The van der Waals surface area contributed by atoms with Crippen molar-refractivity contribution in [1.82, 2.24) is 0 Å². The Morgan fingerprint density at radius 2 is 1.95 bits per heavy atom. The van der Waals surface area contributed by atoms with E-state index in [0.717, 1.165) is 6.07 Å². The maximum absolute atomic E-state index is 13.3. The Hall–Kier alpha value is -1.72. The zero-order chi connectivity index (χ0) is 14.7. The van der Waals surface area contributed by atoms with Gasteiger partial charge in [0.1, 0.15) is 29.0 Å². The summed E-state index contributed by atoms with van der Waals surface area (Å²) in [6, 6.07) is 8.08. The first-order valence-corrected chi connectivity index (χ1v) is 6.42. The lowest BCUT2D eigenvalue weighted by Gasteiger charge is -2.10. The van der Waals surface area contributed by atoms with Crippen molar-refractivity contribution in [1.29, 1.82) is 0 Å². The van der Waals surface area contributed by atoms with Crippen molar-refractivity contribution in [2.75, 3.05) is 0 Å². The van der Waals surface area contributed by atoms with Gasteiger partial charge in [0.15, 0.2) is 0 Å². The van der Waals surface area contributed by atoms with Crippen molar-refractivity contribution in [2.24, 2.45) is 5.73 Å². The molecule has 0 saturated carbocycles. The largest absolute Gasteiger partial charge is 0.489 e. The van der Waals surface area contributed by atoms with Crippen LogP contribution in [0.2, 0.25) is 5.02 Å². The summed E-state index contributed by atoms with van der Waals surface area (Å²) in [6.07, 6.45) is 0. The van der Waals surface area contributed by atoms with Crippen LogP contribution in [0.25, 0.3) is 0 Å². The Labute approximate surface area is 125 Å². The molecule has 0 fully saturated rings. The van der Waals surface area contributed by atoms with Gasteiger partial charge in [0.2, 0.25) is 0 Å². The van der Waals surface area contributed by atoms with Crippen LogP contribution in [0.1, 0.15) is 11.1 Å². The van der Waals surface area contributed by atoms with Gasteiger partial charge in [-0.2, -0.15) is 0 Å². The molecule has 0 bridgehead atoms. The highest BCUT2D eigenvalue weighted by molar-refractivity contribution is 7.80. The third-order valence-electron chi connectivity index (χ3n) is 2.62. The molecule has 0 heterocycles. The molecule has 0 spiro atoms. The van der Waals surface area contributed by atoms with Crippen LogP contribution in [0.15, 0.2) is 36.4 Å². The SMILES string of the molecule is NC(=S)c1ccc(F)cc1COc1ccc(Cl)c(F)c1. The first-order chi connectivity index (χ1) is 9.47. The zero-order valence-electron chi connectivity index (χ0n) is 10.2. The number of rotatable bonds is 4. The molecular weight excluding hydrogens is 304 g/mol. The van der Waals surface area contributed by atoms with Gasteiger partial charge >= 0.3 is 0 Å². The molecule has 0 atom stereocenters. The van der Waals surface area contributed by atoms with Gasteiger partial charge in [-0.25, -0.2) is 8.78 Å². The van der Waals surface area contributed by atoms with Crippen molar-refractivity contribution in [3.05, 3.63) is 64.2 Å². The minimum atomic E-state index is -0.585. The maximum Gasteiger partial charge on any atom is 0.145 e. The van der Waals surface area contributed by atoms with Crippen molar-refractivity contribution in [3.8, 4) is 5.75 Å². The summed E-state index contributed by atoms with van der Waals surface area (Å²) in [5.74, 6) is -0.728. The van der Waals surface area contributed by atoms with E-state index < -0.39 is 11.6 Å². The van der Waals surface area contributed by atoms with E-state index in [1.54, 1.807) is 0 Å². The fourth-order valence-corrected chi connectivity index (χ4v) is 1.97. The second-order valence-corrected chi connectivity index (χ2v) is 4.88. The van der Waals surface area contributed by atoms with Crippen LogP contribution in [0, 0.1) is 11.6 Å². The summed E-state index contributed by atoms with van der Waals surface area (Å²) in [4.78, 5) is 0.144. The number of nitrogens with two attached hydrogens (primary N) is 1. The van der Waals surface area contributed by atoms with Gasteiger partial charge in [0.05, 0.1) is 5.02 Å². The molecule has 2 rings (SSSR count). The second kappa shape index (κ2) is 6.15. The molecule has 0 aliphatic carbocycles. The van der Waals surface area contributed by atoms with Crippen LogP contribution < -0.4 is 10.5 Å². The third-order valence-corrected chi connectivity index (χ3v) is 3.14. The Bertz CT molecular complexity index is 664. The summed E-state index contributed by atoms with van der Waals surface area (Å²) >= 11 is 10.5. The Morgan fingerprint density at radius 3 is 2.60 bits per heavy atom. The van der Waals surface area contributed by atoms with Crippen LogP contribution in [0.4, 0.5) is 8.78 Å².